The molecule has 0 spiro atoms. The Labute approximate surface area is 161 Å². The van der Waals surface area contributed by atoms with E-state index in [0.717, 1.165) is 0 Å². The lowest BCUT2D eigenvalue weighted by molar-refractivity contribution is 0.102. The van der Waals surface area contributed by atoms with Crippen LogP contribution in [0.1, 0.15) is 24.3 Å². The summed E-state index contributed by atoms with van der Waals surface area (Å²) in [5.41, 5.74) is 0.473. The number of rotatable bonds is 6. The van der Waals surface area contributed by atoms with Crippen LogP contribution < -0.4 is 5.32 Å². The Morgan fingerprint density at radius 1 is 1.18 bits per heavy atom. The van der Waals surface area contributed by atoms with Gasteiger partial charge in [-0.15, -0.1) is 0 Å². The molecule has 0 fully saturated rings. The minimum atomic E-state index is -3.75. The molecule has 0 unspecified atom stereocenters. The molecule has 0 bridgehead atoms. The first-order valence-corrected chi connectivity index (χ1v) is 10.1. The van der Waals surface area contributed by atoms with Gasteiger partial charge in [-0.2, -0.15) is 4.31 Å². The Morgan fingerprint density at radius 2 is 1.89 bits per heavy atom. The molecule has 28 heavy (non-hydrogen) atoms. The molecular weight excluding hydrogens is 385 g/mol. The van der Waals surface area contributed by atoms with Crippen LogP contribution in [-0.2, 0) is 10.0 Å². The van der Waals surface area contributed by atoms with Crippen molar-refractivity contribution >= 4 is 32.5 Å². The van der Waals surface area contributed by atoms with E-state index in [9.17, 15) is 22.7 Å². The molecule has 0 aliphatic heterocycles. The van der Waals surface area contributed by atoms with Crippen molar-refractivity contribution in [1.29, 1.82) is 0 Å². The summed E-state index contributed by atoms with van der Waals surface area (Å²) in [4.78, 5) is 15.3. The van der Waals surface area contributed by atoms with Gasteiger partial charge in [0.2, 0.25) is 10.0 Å². The molecule has 1 heterocycles. The van der Waals surface area contributed by atoms with Crippen LogP contribution in [0.15, 0.2) is 47.4 Å². The fourth-order valence-corrected chi connectivity index (χ4v) is 4.40. The number of nitrogens with zero attached hydrogens (tertiary/aromatic N) is 1. The first kappa shape index (κ1) is 19.8. The molecule has 3 rings (SSSR count). The van der Waals surface area contributed by atoms with Crippen molar-refractivity contribution in [2.75, 3.05) is 18.4 Å². The minimum Gasteiger partial charge on any atom is -0.506 e. The van der Waals surface area contributed by atoms with Gasteiger partial charge in [-0.1, -0.05) is 19.9 Å². The lowest BCUT2D eigenvalue weighted by atomic mass is 10.2. The molecule has 0 radical (unpaired) electrons. The van der Waals surface area contributed by atoms with Crippen LogP contribution in [0, 0.1) is 5.82 Å². The molecule has 1 aromatic heterocycles. The first-order chi connectivity index (χ1) is 13.3. The van der Waals surface area contributed by atoms with Gasteiger partial charge in [-0.05, 0) is 36.4 Å². The Bertz CT molecular complexity index is 1140. The zero-order chi connectivity index (χ0) is 20.5. The van der Waals surface area contributed by atoms with E-state index in [1.807, 2.05) is 0 Å². The van der Waals surface area contributed by atoms with Crippen LogP contribution >= 0.6 is 0 Å². The molecular formula is C19H20FN3O4S. The van der Waals surface area contributed by atoms with Gasteiger partial charge in [-0.25, -0.2) is 12.8 Å². The topological polar surface area (TPSA) is 102 Å². The summed E-state index contributed by atoms with van der Waals surface area (Å²) in [6, 6.07) is 9.46. The number of amides is 1. The number of H-pyrrole nitrogens is 1. The maximum Gasteiger partial charge on any atom is 0.272 e. The van der Waals surface area contributed by atoms with Crippen LogP contribution in [-0.4, -0.2) is 41.8 Å². The number of hydrogen-bond donors (Lipinski definition) is 3. The summed E-state index contributed by atoms with van der Waals surface area (Å²) >= 11 is 0. The molecule has 0 saturated carbocycles. The van der Waals surface area contributed by atoms with Crippen molar-refractivity contribution in [3.8, 4) is 5.75 Å². The highest BCUT2D eigenvalue weighted by Gasteiger charge is 2.23. The van der Waals surface area contributed by atoms with Gasteiger partial charge in [0.05, 0.1) is 10.6 Å². The normalized spacial score (nSPS) is 11.9. The van der Waals surface area contributed by atoms with Crippen molar-refractivity contribution in [1.82, 2.24) is 9.29 Å². The number of carbonyl (C=O) groups is 1. The summed E-state index contributed by atoms with van der Waals surface area (Å²) in [5.74, 6) is -1.39. The van der Waals surface area contributed by atoms with Crippen molar-refractivity contribution < 1.29 is 22.7 Å². The molecule has 9 heteroatoms. The first-order valence-electron chi connectivity index (χ1n) is 8.69. The van der Waals surface area contributed by atoms with Gasteiger partial charge < -0.3 is 15.4 Å². The summed E-state index contributed by atoms with van der Waals surface area (Å²) in [7, 11) is -3.75. The van der Waals surface area contributed by atoms with E-state index in [1.54, 1.807) is 19.9 Å². The standard InChI is InChI=1S/C19H20FN3O4S/c1-3-23(4-2)28(26,27)12-8-9-18(24)16(10-12)22-19(25)17-11-13-14(20)6-5-7-15(13)21-17/h5-11,21,24H,3-4H2,1-2H3,(H,22,25). The van der Waals surface area contributed by atoms with E-state index in [2.05, 4.69) is 10.3 Å². The predicted octanol–water partition coefficient (Wildman–Crippen LogP) is 3.30. The molecule has 148 valence electrons. The quantitative estimate of drug-likeness (QED) is 0.548. The third kappa shape index (κ3) is 3.58. The van der Waals surface area contributed by atoms with Gasteiger partial charge in [0, 0.05) is 24.0 Å². The van der Waals surface area contributed by atoms with Crippen LogP contribution in [0.25, 0.3) is 10.9 Å². The summed E-state index contributed by atoms with van der Waals surface area (Å²) < 4.78 is 40.4. The van der Waals surface area contributed by atoms with E-state index < -0.39 is 21.7 Å². The molecule has 2 aromatic carbocycles. The van der Waals surface area contributed by atoms with E-state index >= 15 is 0 Å². The molecule has 3 aromatic rings. The van der Waals surface area contributed by atoms with Gasteiger partial charge in [0.15, 0.2) is 0 Å². The molecule has 3 N–H and O–H groups in total. The second kappa shape index (κ2) is 7.61. The van der Waals surface area contributed by atoms with Crippen LogP contribution in [0.4, 0.5) is 10.1 Å². The highest BCUT2D eigenvalue weighted by molar-refractivity contribution is 7.89. The van der Waals surface area contributed by atoms with Gasteiger partial charge in [0.1, 0.15) is 17.3 Å². The fraction of sp³-hybridized carbons (Fsp3) is 0.211. The number of aromatic hydroxyl groups is 1. The number of halogens is 1. The summed E-state index contributed by atoms with van der Waals surface area (Å²) in [6.45, 7) is 4.03. The SMILES string of the molecule is CCN(CC)S(=O)(=O)c1ccc(O)c(NC(=O)c2cc3c(F)cccc3[nH]2)c1. The number of phenols is 1. The van der Waals surface area contributed by atoms with E-state index in [-0.39, 0.29) is 27.4 Å². The lowest BCUT2D eigenvalue weighted by Gasteiger charge is -2.19. The second-order valence-corrected chi connectivity index (χ2v) is 8.04. The Kier molecular flexibility index (Phi) is 5.39. The molecule has 7 nitrogen and oxygen atoms in total. The number of nitrogens with one attached hydrogen (secondary N) is 2. The highest BCUT2D eigenvalue weighted by atomic mass is 32.2. The van der Waals surface area contributed by atoms with Gasteiger partial charge in [0.25, 0.3) is 5.91 Å². The predicted molar refractivity (Wildman–Crippen MR) is 104 cm³/mol. The van der Waals surface area contributed by atoms with Crippen LogP contribution in [0.5, 0.6) is 5.75 Å². The number of benzene rings is 2. The Morgan fingerprint density at radius 3 is 2.54 bits per heavy atom. The zero-order valence-electron chi connectivity index (χ0n) is 15.4. The van der Waals surface area contributed by atoms with E-state index in [1.165, 1.54) is 40.7 Å². The van der Waals surface area contributed by atoms with Crippen molar-refractivity contribution in [3.63, 3.8) is 0 Å². The number of hydrogen-bond acceptors (Lipinski definition) is 4. The molecule has 0 aliphatic carbocycles. The largest absolute Gasteiger partial charge is 0.506 e. The van der Waals surface area contributed by atoms with Crippen LogP contribution in [0.2, 0.25) is 0 Å². The zero-order valence-corrected chi connectivity index (χ0v) is 16.2. The second-order valence-electron chi connectivity index (χ2n) is 6.11. The number of aromatic nitrogens is 1. The molecule has 0 atom stereocenters. The molecule has 1 amide bonds. The highest BCUT2D eigenvalue weighted by Crippen LogP contribution is 2.29. The Balaban J connectivity index is 1.93. The molecule has 0 saturated heterocycles. The van der Waals surface area contributed by atoms with Gasteiger partial charge in [-0.3, -0.25) is 4.79 Å². The summed E-state index contributed by atoms with van der Waals surface area (Å²) in [5, 5.41) is 12.8. The smallest absolute Gasteiger partial charge is 0.272 e. The third-order valence-corrected chi connectivity index (χ3v) is 6.46. The van der Waals surface area contributed by atoms with E-state index in [4.69, 9.17) is 0 Å². The van der Waals surface area contributed by atoms with Gasteiger partial charge >= 0.3 is 0 Å². The number of carbonyl (C=O) groups excluding carboxylic acids is 1. The van der Waals surface area contributed by atoms with Crippen molar-refractivity contribution in [2.24, 2.45) is 0 Å². The average molecular weight is 405 g/mol. The number of anilines is 1. The number of phenolic OH excluding ortho intramolecular Hbond substituents is 1. The number of aromatic amines is 1. The maximum atomic E-state index is 13.8. The monoisotopic (exact) mass is 405 g/mol. The average Bonchev–Trinajstić information content (AvgIpc) is 3.10. The Hall–Kier alpha value is -2.91. The number of fused-ring (bicyclic) bond motifs is 1. The summed E-state index contributed by atoms with van der Waals surface area (Å²) in [6.07, 6.45) is 0. The lowest BCUT2D eigenvalue weighted by Crippen LogP contribution is -2.30. The fourth-order valence-electron chi connectivity index (χ4n) is 2.92. The van der Waals surface area contributed by atoms with Crippen molar-refractivity contribution in [2.45, 2.75) is 18.7 Å². The van der Waals surface area contributed by atoms with Crippen molar-refractivity contribution in [3.05, 3.63) is 54.0 Å². The number of sulfonamides is 1. The van der Waals surface area contributed by atoms with E-state index in [0.29, 0.717) is 18.6 Å². The maximum absolute atomic E-state index is 13.8. The minimum absolute atomic E-state index is 0.0491. The third-order valence-electron chi connectivity index (χ3n) is 4.41. The van der Waals surface area contributed by atoms with Crippen LogP contribution in [0.3, 0.4) is 0 Å². The molecule has 0 aliphatic rings.